The van der Waals surface area contributed by atoms with Crippen molar-refractivity contribution in [1.29, 1.82) is 0 Å². The van der Waals surface area contributed by atoms with E-state index in [1.165, 1.54) is 0 Å². The summed E-state index contributed by atoms with van der Waals surface area (Å²) in [7, 11) is 1.64. The van der Waals surface area contributed by atoms with Crippen LogP contribution in [0.3, 0.4) is 0 Å². The van der Waals surface area contributed by atoms with Gasteiger partial charge in [0.25, 0.3) is 17.0 Å². The van der Waals surface area contributed by atoms with Crippen LogP contribution in [0.25, 0.3) is 10.8 Å². The van der Waals surface area contributed by atoms with Crippen LogP contribution in [0.2, 0.25) is 0 Å². The first kappa shape index (κ1) is 23.3. The number of likely N-dealkylation sites (tertiary alicyclic amines) is 1. The minimum absolute atomic E-state index is 0.0295. The normalized spacial score (nSPS) is 18.5. The van der Waals surface area contributed by atoms with E-state index in [0.29, 0.717) is 48.9 Å². The zero-order chi connectivity index (χ0) is 25.5. The minimum Gasteiger partial charge on any atom is -0.497 e. The number of rotatable bonds is 5. The molecule has 0 N–H and O–H groups in total. The molecule has 0 aliphatic carbocycles. The van der Waals surface area contributed by atoms with Crippen LogP contribution in [0.15, 0.2) is 82.5 Å². The second-order valence-electron chi connectivity index (χ2n) is 10.1. The number of fused-ring (bicyclic) bond motifs is 5. The van der Waals surface area contributed by atoms with E-state index in [1.54, 1.807) is 30.0 Å². The zero-order valence-electron chi connectivity index (χ0n) is 20.8. The van der Waals surface area contributed by atoms with E-state index < -0.39 is 0 Å². The summed E-state index contributed by atoms with van der Waals surface area (Å²) in [5.41, 5.74) is 2.59. The molecule has 1 fully saturated rings. The summed E-state index contributed by atoms with van der Waals surface area (Å²) >= 11 is 0. The minimum atomic E-state index is -0.0931. The molecule has 4 heterocycles. The number of carbonyl (C=O) groups excluding carboxylic acids is 1. The molecule has 0 saturated carbocycles. The van der Waals surface area contributed by atoms with Gasteiger partial charge in [0.05, 0.1) is 12.7 Å². The molecule has 2 aliphatic heterocycles. The summed E-state index contributed by atoms with van der Waals surface area (Å²) in [6.07, 6.45) is 3.38. The van der Waals surface area contributed by atoms with Crippen LogP contribution in [-0.2, 0) is 19.5 Å². The van der Waals surface area contributed by atoms with Crippen LogP contribution in [-0.4, -0.2) is 40.1 Å². The smallest absolute Gasteiger partial charge is 0.258 e. The van der Waals surface area contributed by atoms with Gasteiger partial charge in [0.15, 0.2) is 0 Å². The maximum atomic E-state index is 14.0. The van der Waals surface area contributed by atoms with Crippen molar-refractivity contribution >= 4 is 16.7 Å². The summed E-state index contributed by atoms with van der Waals surface area (Å²) in [5.74, 6) is 1.11. The molecule has 2 bridgehead atoms. The van der Waals surface area contributed by atoms with E-state index >= 15 is 0 Å². The Kier molecular flexibility index (Phi) is 5.91. The van der Waals surface area contributed by atoms with Gasteiger partial charge in [-0.3, -0.25) is 14.4 Å². The van der Waals surface area contributed by atoms with Crippen molar-refractivity contribution in [1.82, 2.24) is 14.0 Å². The van der Waals surface area contributed by atoms with Gasteiger partial charge in [0, 0.05) is 60.8 Å². The second kappa shape index (κ2) is 9.39. The Labute approximate surface area is 214 Å². The van der Waals surface area contributed by atoms with Crippen LogP contribution >= 0.6 is 0 Å². The van der Waals surface area contributed by atoms with Crippen LogP contribution in [0.1, 0.15) is 34.0 Å². The molecule has 1 amide bonds. The summed E-state index contributed by atoms with van der Waals surface area (Å²) in [5, 5.41) is 1.24. The number of aryl methyl sites for hydroxylation is 2. The van der Waals surface area contributed by atoms with Gasteiger partial charge in [0.2, 0.25) is 0 Å². The lowest BCUT2D eigenvalue weighted by Gasteiger charge is -2.42. The summed E-state index contributed by atoms with van der Waals surface area (Å²) in [4.78, 5) is 41.6. The molecule has 6 rings (SSSR count). The van der Waals surface area contributed by atoms with E-state index in [4.69, 9.17) is 4.74 Å². The number of hydrogen-bond donors (Lipinski definition) is 0. The summed E-state index contributed by atoms with van der Waals surface area (Å²) in [6.45, 7) is 2.28. The molecule has 0 spiro atoms. The summed E-state index contributed by atoms with van der Waals surface area (Å²) < 4.78 is 8.77. The fourth-order valence-electron chi connectivity index (χ4n) is 5.95. The van der Waals surface area contributed by atoms with Gasteiger partial charge in [-0.2, -0.15) is 0 Å². The molecule has 37 heavy (non-hydrogen) atoms. The molecular formula is C30H29N3O4. The Morgan fingerprint density at radius 3 is 2.49 bits per heavy atom. The highest BCUT2D eigenvalue weighted by molar-refractivity contribution is 6.06. The van der Waals surface area contributed by atoms with E-state index in [9.17, 15) is 14.4 Å². The number of benzene rings is 2. The molecule has 0 radical (unpaired) electrons. The zero-order valence-corrected chi connectivity index (χ0v) is 20.8. The van der Waals surface area contributed by atoms with E-state index in [2.05, 4.69) is 0 Å². The second-order valence-corrected chi connectivity index (χ2v) is 10.1. The van der Waals surface area contributed by atoms with Crippen molar-refractivity contribution < 1.29 is 9.53 Å². The number of methoxy groups -OCH3 is 1. The Morgan fingerprint density at radius 1 is 0.919 bits per heavy atom. The van der Waals surface area contributed by atoms with Crippen LogP contribution in [0.4, 0.5) is 0 Å². The van der Waals surface area contributed by atoms with E-state index in [-0.39, 0.29) is 28.9 Å². The molecule has 2 aromatic heterocycles. The third-order valence-corrected chi connectivity index (χ3v) is 7.79. The molecule has 2 atom stereocenters. The maximum Gasteiger partial charge on any atom is 0.258 e. The fraction of sp³-hybridized carbons (Fsp3) is 0.300. The standard InChI is InChI=1S/C30H29N3O4/c1-37-23-11-9-20(10-12-23)13-14-31-19-26(24-5-2-3-6-25(24)29(31)35)30(36)32-16-21-15-22(18-32)27-7-4-8-28(34)33(27)17-21/h2-12,19,21-22H,13-18H2,1H3/t21-,22+/m1/s1. The largest absolute Gasteiger partial charge is 0.497 e. The highest BCUT2D eigenvalue weighted by Crippen LogP contribution is 2.35. The highest BCUT2D eigenvalue weighted by atomic mass is 16.5. The van der Waals surface area contributed by atoms with Gasteiger partial charge in [-0.25, -0.2) is 0 Å². The molecule has 7 heteroatoms. The predicted molar refractivity (Wildman–Crippen MR) is 142 cm³/mol. The van der Waals surface area contributed by atoms with Crippen molar-refractivity contribution in [3.05, 3.63) is 110 Å². The van der Waals surface area contributed by atoms with Crippen molar-refractivity contribution in [2.24, 2.45) is 5.92 Å². The molecule has 1 saturated heterocycles. The molecule has 4 aromatic rings. The van der Waals surface area contributed by atoms with Gasteiger partial charge >= 0.3 is 0 Å². The average Bonchev–Trinajstić information content (AvgIpc) is 2.93. The molecule has 7 nitrogen and oxygen atoms in total. The van der Waals surface area contributed by atoms with Crippen molar-refractivity contribution in [3.8, 4) is 5.75 Å². The first-order valence-corrected chi connectivity index (χ1v) is 12.8. The van der Waals surface area contributed by atoms with Crippen molar-refractivity contribution in [3.63, 3.8) is 0 Å². The highest BCUT2D eigenvalue weighted by Gasteiger charge is 2.37. The predicted octanol–water partition coefficient (Wildman–Crippen LogP) is 3.67. The van der Waals surface area contributed by atoms with Gasteiger partial charge in [0.1, 0.15) is 5.75 Å². The maximum absolute atomic E-state index is 14.0. The van der Waals surface area contributed by atoms with Crippen LogP contribution in [0, 0.1) is 5.92 Å². The number of hydrogen-bond acceptors (Lipinski definition) is 4. The molecule has 2 aromatic carbocycles. The lowest BCUT2D eigenvalue weighted by Crippen LogP contribution is -2.49. The third-order valence-electron chi connectivity index (χ3n) is 7.79. The van der Waals surface area contributed by atoms with Gasteiger partial charge in [-0.15, -0.1) is 0 Å². The van der Waals surface area contributed by atoms with Gasteiger partial charge < -0.3 is 18.8 Å². The monoisotopic (exact) mass is 495 g/mol. The van der Waals surface area contributed by atoms with Crippen LogP contribution in [0.5, 0.6) is 5.75 Å². The SMILES string of the molecule is COc1ccc(CCn2cc(C(=O)N3C[C@H]4C[C@@H](C3)c3cccc(=O)n3C4)c3ccccc3c2=O)cc1. The lowest BCUT2D eigenvalue weighted by molar-refractivity contribution is 0.0595. The molecule has 188 valence electrons. The summed E-state index contributed by atoms with van der Waals surface area (Å²) in [6, 6.07) is 20.6. The van der Waals surface area contributed by atoms with E-state index in [0.717, 1.165) is 23.4 Å². The third kappa shape index (κ3) is 4.24. The number of aromatic nitrogens is 2. The Balaban J connectivity index is 1.32. The Morgan fingerprint density at radius 2 is 1.70 bits per heavy atom. The Bertz CT molecular complexity index is 1600. The first-order chi connectivity index (χ1) is 18.0. The number of pyridine rings is 2. The van der Waals surface area contributed by atoms with Crippen molar-refractivity contribution in [2.45, 2.75) is 31.8 Å². The molecule has 2 aliphatic rings. The van der Waals surface area contributed by atoms with Crippen LogP contribution < -0.4 is 15.9 Å². The van der Waals surface area contributed by atoms with Gasteiger partial charge in [-0.1, -0.05) is 36.4 Å². The van der Waals surface area contributed by atoms with Gasteiger partial charge in [-0.05, 0) is 48.6 Å². The number of carbonyl (C=O) groups is 1. The topological polar surface area (TPSA) is 73.5 Å². The number of nitrogens with zero attached hydrogens (tertiary/aromatic N) is 3. The Hall–Kier alpha value is -4.13. The van der Waals surface area contributed by atoms with E-state index in [1.807, 2.05) is 64.1 Å². The first-order valence-electron chi connectivity index (χ1n) is 12.8. The fourth-order valence-corrected chi connectivity index (χ4v) is 5.95. The number of amides is 1. The average molecular weight is 496 g/mol. The lowest BCUT2D eigenvalue weighted by atomic mass is 9.83. The number of piperidine rings is 1. The molecule has 0 unspecified atom stereocenters. The molecular weight excluding hydrogens is 466 g/mol. The quantitative estimate of drug-likeness (QED) is 0.424. The van der Waals surface area contributed by atoms with Crippen molar-refractivity contribution in [2.75, 3.05) is 20.2 Å². The number of ether oxygens (including phenoxy) is 1.